The number of nitrogens with zero attached hydrogens (tertiary/aromatic N) is 1. The zero-order valence-electron chi connectivity index (χ0n) is 10.9. The quantitative estimate of drug-likeness (QED) is 0.256. The van der Waals surface area contributed by atoms with Gasteiger partial charge < -0.3 is 20.3 Å². The van der Waals surface area contributed by atoms with Crippen LogP contribution >= 0.6 is 0 Å². The van der Waals surface area contributed by atoms with Crippen LogP contribution in [0.1, 0.15) is 25.7 Å². The molecule has 1 atom stereocenters. The van der Waals surface area contributed by atoms with Gasteiger partial charge in [0.1, 0.15) is 0 Å². The van der Waals surface area contributed by atoms with Gasteiger partial charge >= 0.3 is 12.1 Å². The van der Waals surface area contributed by atoms with Crippen LogP contribution in [0.25, 0.3) is 0 Å². The molecule has 1 unspecified atom stereocenters. The summed E-state index contributed by atoms with van der Waals surface area (Å²) in [5.74, 6) is -1.34. The van der Waals surface area contributed by atoms with Gasteiger partial charge in [0.15, 0.2) is 6.04 Å². The first-order valence-corrected chi connectivity index (χ1v) is 6.05. The predicted octanol–water partition coefficient (Wildman–Crippen LogP) is -0.270. The zero-order chi connectivity index (χ0) is 15.4. The second-order valence-electron chi connectivity index (χ2n) is 3.85. The Kier molecular flexibility index (Phi) is 10.5. The molecule has 0 aromatic rings. The molecule has 118 valence electrons. The second kappa shape index (κ2) is 11.4. The van der Waals surface area contributed by atoms with E-state index >= 15 is 0 Å². The van der Waals surface area contributed by atoms with Gasteiger partial charge in [-0.15, -0.1) is 0 Å². The van der Waals surface area contributed by atoms with Crippen molar-refractivity contribution in [3.63, 3.8) is 0 Å². The van der Waals surface area contributed by atoms with E-state index in [1.165, 1.54) is 0 Å². The van der Waals surface area contributed by atoms with Gasteiger partial charge in [0.2, 0.25) is 0 Å². The molecule has 10 heteroatoms. The second-order valence-corrected chi connectivity index (χ2v) is 3.85. The summed E-state index contributed by atoms with van der Waals surface area (Å²) in [6, 6.07) is -1.38. The van der Waals surface area contributed by atoms with Crippen molar-refractivity contribution in [2.24, 2.45) is 0 Å². The average molecular weight is 296 g/mol. The molecule has 0 aromatic heterocycles. The fourth-order valence-corrected chi connectivity index (χ4v) is 1.24. The number of nitrogens with one attached hydrogen (secondary N) is 1. The SMILES string of the molecule is O=C(NC(CO)C(=O)O)OCCCCCCON(O)O. The van der Waals surface area contributed by atoms with Crippen LogP contribution in [0.4, 0.5) is 4.79 Å². The number of rotatable bonds is 11. The molecule has 0 aliphatic rings. The Balaban J connectivity index is 3.46. The van der Waals surface area contributed by atoms with Gasteiger partial charge in [-0.25, -0.2) is 9.59 Å². The summed E-state index contributed by atoms with van der Waals surface area (Å²) in [5.41, 5.74) is 0. The van der Waals surface area contributed by atoms with Crippen LogP contribution in [0.3, 0.4) is 0 Å². The normalized spacial score (nSPS) is 12.2. The maximum Gasteiger partial charge on any atom is 0.407 e. The first-order valence-electron chi connectivity index (χ1n) is 6.05. The van der Waals surface area contributed by atoms with Gasteiger partial charge in [0, 0.05) is 0 Å². The number of alkyl carbamates (subject to hydrolysis) is 1. The molecular formula is C10H20N2O8. The summed E-state index contributed by atoms with van der Waals surface area (Å²) >= 11 is 0. The molecule has 0 aliphatic carbocycles. The van der Waals surface area contributed by atoms with Crippen LogP contribution in [0.15, 0.2) is 0 Å². The van der Waals surface area contributed by atoms with Gasteiger partial charge in [-0.05, 0) is 19.3 Å². The van der Waals surface area contributed by atoms with Crippen molar-refractivity contribution < 1.29 is 39.8 Å². The summed E-state index contributed by atoms with van der Waals surface area (Å²) in [4.78, 5) is 26.0. The number of hydrogen-bond acceptors (Lipinski definition) is 8. The van der Waals surface area contributed by atoms with E-state index in [2.05, 4.69) is 4.84 Å². The van der Waals surface area contributed by atoms with Crippen molar-refractivity contribution in [1.29, 1.82) is 0 Å². The van der Waals surface area contributed by atoms with E-state index in [1.807, 2.05) is 5.32 Å². The molecule has 0 heterocycles. The number of carbonyl (C=O) groups is 2. The number of carboxylic acids is 1. The molecule has 0 radical (unpaired) electrons. The third-order valence-electron chi connectivity index (χ3n) is 2.25. The number of amides is 1. The average Bonchev–Trinajstić information content (AvgIpc) is 2.38. The Labute approximate surface area is 115 Å². The van der Waals surface area contributed by atoms with E-state index in [-0.39, 0.29) is 18.6 Å². The lowest BCUT2D eigenvalue weighted by molar-refractivity contribution is -0.492. The Hall–Kier alpha value is -1.46. The van der Waals surface area contributed by atoms with Crippen LogP contribution in [0, 0.1) is 0 Å². The molecule has 5 N–H and O–H groups in total. The zero-order valence-corrected chi connectivity index (χ0v) is 10.9. The minimum absolute atomic E-state index is 0.122. The number of hydrogen-bond donors (Lipinski definition) is 5. The Bertz CT molecular complexity index is 286. The van der Waals surface area contributed by atoms with Crippen LogP contribution in [0.2, 0.25) is 0 Å². The van der Waals surface area contributed by atoms with E-state index in [4.69, 9.17) is 25.4 Å². The molecule has 0 rings (SSSR count). The lowest BCUT2D eigenvalue weighted by atomic mass is 10.2. The summed E-state index contributed by atoms with van der Waals surface area (Å²) in [6.45, 7) is -0.432. The molecule has 0 aromatic carbocycles. The Morgan fingerprint density at radius 2 is 1.70 bits per heavy atom. The first-order chi connectivity index (χ1) is 9.47. The fraction of sp³-hybridized carbons (Fsp3) is 0.800. The van der Waals surface area contributed by atoms with Crippen molar-refractivity contribution in [3.05, 3.63) is 0 Å². The van der Waals surface area contributed by atoms with Gasteiger partial charge in [-0.1, -0.05) is 6.42 Å². The number of ether oxygens (including phenoxy) is 1. The van der Waals surface area contributed by atoms with Crippen LogP contribution < -0.4 is 5.32 Å². The first kappa shape index (κ1) is 18.5. The van der Waals surface area contributed by atoms with E-state index in [0.29, 0.717) is 12.8 Å². The molecule has 0 bridgehead atoms. The monoisotopic (exact) mass is 296 g/mol. The minimum atomic E-state index is -1.38. The maximum absolute atomic E-state index is 11.1. The van der Waals surface area contributed by atoms with Crippen molar-refractivity contribution in [1.82, 2.24) is 10.7 Å². The van der Waals surface area contributed by atoms with Gasteiger partial charge in [-0.2, -0.15) is 0 Å². The summed E-state index contributed by atoms with van der Waals surface area (Å²) in [6.07, 6.45) is 1.76. The highest BCUT2D eigenvalue weighted by Crippen LogP contribution is 2.01. The Morgan fingerprint density at radius 1 is 1.10 bits per heavy atom. The highest BCUT2D eigenvalue weighted by molar-refractivity contribution is 5.79. The maximum atomic E-state index is 11.1. The number of carbonyl (C=O) groups excluding carboxylic acids is 1. The standard InChI is InChI=1S/C10H20N2O8/c13-7-8(9(14)15)11-10(16)19-5-3-1-2-4-6-20-12(17)18/h8,13,17-18H,1-7H2,(H,11,16)(H,14,15). The van der Waals surface area contributed by atoms with Crippen LogP contribution in [0.5, 0.6) is 0 Å². The van der Waals surface area contributed by atoms with Gasteiger partial charge in [0.25, 0.3) is 0 Å². The van der Waals surface area contributed by atoms with Crippen molar-refractivity contribution in [2.75, 3.05) is 19.8 Å². The number of aliphatic carboxylic acids is 1. The lowest BCUT2D eigenvalue weighted by Crippen LogP contribution is -2.43. The predicted molar refractivity (Wildman–Crippen MR) is 62.8 cm³/mol. The summed E-state index contributed by atoms with van der Waals surface area (Å²) < 4.78 is 4.73. The van der Waals surface area contributed by atoms with Gasteiger partial charge in [0.05, 0.1) is 25.2 Å². The van der Waals surface area contributed by atoms with E-state index in [0.717, 1.165) is 12.8 Å². The number of aliphatic hydroxyl groups excluding tert-OH is 1. The Morgan fingerprint density at radius 3 is 2.20 bits per heavy atom. The van der Waals surface area contributed by atoms with E-state index < -0.39 is 24.7 Å². The molecular weight excluding hydrogens is 276 g/mol. The van der Waals surface area contributed by atoms with E-state index in [9.17, 15) is 9.59 Å². The van der Waals surface area contributed by atoms with E-state index in [1.54, 1.807) is 0 Å². The summed E-state index contributed by atoms with van der Waals surface area (Å²) in [5, 5.41) is 35.3. The molecule has 0 saturated heterocycles. The minimum Gasteiger partial charge on any atom is -0.480 e. The third-order valence-corrected chi connectivity index (χ3v) is 2.25. The highest BCUT2D eigenvalue weighted by atomic mass is 17.1. The van der Waals surface area contributed by atoms with Gasteiger partial charge in [-0.3, -0.25) is 15.3 Å². The summed E-state index contributed by atoms with van der Waals surface area (Å²) in [7, 11) is 0. The smallest absolute Gasteiger partial charge is 0.407 e. The van der Waals surface area contributed by atoms with Crippen molar-refractivity contribution in [2.45, 2.75) is 31.7 Å². The molecule has 0 aliphatic heterocycles. The fourth-order valence-electron chi connectivity index (χ4n) is 1.24. The molecule has 1 amide bonds. The molecule has 0 fully saturated rings. The lowest BCUT2D eigenvalue weighted by Gasteiger charge is -2.11. The molecule has 10 nitrogen and oxygen atoms in total. The molecule has 0 saturated carbocycles. The largest absolute Gasteiger partial charge is 0.480 e. The third kappa shape index (κ3) is 10.5. The number of unbranched alkanes of at least 4 members (excludes halogenated alkanes) is 3. The highest BCUT2D eigenvalue weighted by Gasteiger charge is 2.19. The van der Waals surface area contributed by atoms with Crippen LogP contribution in [-0.2, 0) is 14.4 Å². The van der Waals surface area contributed by atoms with Crippen LogP contribution in [-0.4, -0.2) is 63.9 Å². The van der Waals surface area contributed by atoms with Crippen molar-refractivity contribution >= 4 is 12.1 Å². The molecule has 20 heavy (non-hydrogen) atoms. The topological polar surface area (TPSA) is 149 Å². The number of aliphatic hydroxyl groups is 1. The van der Waals surface area contributed by atoms with Crippen molar-refractivity contribution in [3.8, 4) is 0 Å². The number of carboxylic acid groups (broad SMARTS) is 1. The molecule has 0 spiro atoms.